The molecule has 0 aromatic heterocycles. The fourth-order valence-electron chi connectivity index (χ4n) is 3.28. The normalized spacial score (nSPS) is 14.8. The Hall–Kier alpha value is -2.59. The van der Waals surface area contributed by atoms with Crippen molar-refractivity contribution in [1.82, 2.24) is 10.2 Å². The second kappa shape index (κ2) is 10.6. The second-order valence-electron chi connectivity index (χ2n) is 7.52. The Kier molecular flexibility index (Phi) is 8.01. The van der Waals surface area contributed by atoms with Crippen LogP contribution in [-0.2, 0) is 0 Å². The minimum atomic E-state index is -1.64. The Balaban J connectivity index is 1.63. The van der Waals surface area contributed by atoms with E-state index in [9.17, 15) is 22.4 Å². The van der Waals surface area contributed by atoms with Gasteiger partial charge in [0.1, 0.15) is 16.5 Å². The number of carbonyl (C=O) groups is 1. The molecule has 1 saturated heterocycles. The summed E-state index contributed by atoms with van der Waals surface area (Å²) < 4.78 is 61.7. The number of piperazine rings is 1. The zero-order chi connectivity index (χ0) is 24.3. The van der Waals surface area contributed by atoms with Crippen LogP contribution in [0.15, 0.2) is 24.3 Å². The first-order chi connectivity index (χ1) is 15.6. The molecule has 33 heavy (non-hydrogen) atoms. The number of anilines is 1. The fraction of sp³-hybridized carbons (Fsp3) is 0.364. The molecule has 2 aromatic rings. The van der Waals surface area contributed by atoms with Gasteiger partial charge < -0.3 is 14.5 Å². The molecule has 1 fully saturated rings. The number of nitrogens with one attached hydrogen (secondary N) is 1. The van der Waals surface area contributed by atoms with Crippen LogP contribution in [0.1, 0.15) is 30.6 Å². The molecular formula is C22H22ClF4N3O2S. The van der Waals surface area contributed by atoms with E-state index in [4.69, 9.17) is 28.6 Å². The van der Waals surface area contributed by atoms with Gasteiger partial charge in [0.05, 0.1) is 6.10 Å². The van der Waals surface area contributed by atoms with Crippen molar-refractivity contribution in [3.63, 3.8) is 0 Å². The zero-order valence-corrected chi connectivity index (χ0v) is 19.5. The molecule has 0 unspecified atom stereocenters. The topological polar surface area (TPSA) is 44.8 Å². The maximum Gasteiger partial charge on any atom is 0.257 e. The Morgan fingerprint density at radius 2 is 1.73 bits per heavy atom. The predicted octanol–water partition coefficient (Wildman–Crippen LogP) is 4.91. The summed E-state index contributed by atoms with van der Waals surface area (Å²) in [4.78, 5) is 15.4. The van der Waals surface area contributed by atoms with E-state index in [0.717, 1.165) is 6.42 Å². The van der Waals surface area contributed by atoms with E-state index in [2.05, 4.69) is 5.32 Å². The number of amides is 1. The SMILES string of the molecule is CC[C@H](C)Oc1cccc(C(=O)NC(=S)N2CCN(c3c(F)c(F)c(Cl)c(F)c3F)CC2)c1. The average molecular weight is 504 g/mol. The maximum absolute atomic E-state index is 14.2. The fourth-order valence-corrected chi connectivity index (χ4v) is 3.72. The molecule has 0 aliphatic carbocycles. The molecule has 11 heteroatoms. The number of hydrogen-bond donors (Lipinski definition) is 1. The van der Waals surface area contributed by atoms with Crippen molar-refractivity contribution in [1.29, 1.82) is 0 Å². The van der Waals surface area contributed by atoms with Crippen molar-refractivity contribution in [3.8, 4) is 5.75 Å². The lowest BCUT2D eigenvalue weighted by Crippen LogP contribution is -2.53. The van der Waals surface area contributed by atoms with Crippen molar-refractivity contribution >= 4 is 40.5 Å². The molecule has 5 nitrogen and oxygen atoms in total. The molecule has 0 saturated carbocycles. The van der Waals surface area contributed by atoms with Crippen LogP contribution >= 0.6 is 23.8 Å². The van der Waals surface area contributed by atoms with Crippen LogP contribution in [0.5, 0.6) is 5.75 Å². The van der Waals surface area contributed by atoms with Crippen LogP contribution in [0.3, 0.4) is 0 Å². The molecule has 1 atom stereocenters. The van der Waals surface area contributed by atoms with Gasteiger partial charge in [-0.25, -0.2) is 17.6 Å². The number of carbonyl (C=O) groups excluding carboxylic acids is 1. The highest BCUT2D eigenvalue weighted by Gasteiger charge is 2.30. The number of hydrogen-bond acceptors (Lipinski definition) is 4. The molecule has 1 N–H and O–H groups in total. The molecule has 1 heterocycles. The van der Waals surface area contributed by atoms with Gasteiger partial charge in [-0.3, -0.25) is 10.1 Å². The second-order valence-corrected chi connectivity index (χ2v) is 8.28. The van der Waals surface area contributed by atoms with Gasteiger partial charge in [-0.1, -0.05) is 24.6 Å². The van der Waals surface area contributed by atoms with E-state index in [0.29, 0.717) is 11.3 Å². The van der Waals surface area contributed by atoms with Crippen molar-refractivity contribution < 1.29 is 27.1 Å². The molecule has 1 aliphatic heterocycles. The highest BCUT2D eigenvalue weighted by molar-refractivity contribution is 7.80. The summed E-state index contributed by atoms with van der Waals surface area (Å²) in [5, 5.41) is 1.52. The van der Waals surface area contributed by atoms with Crippen LogP contribution in [0.25, 0.3) is 0 Å². The lowest BCUT2D eigenvalue weighted by atomic mass is 10.2. The van der Waals surface area contributed by atoms with E-state index in [1.807, 2.05) is 13.8 Å². The third kappa shape index (κ3) is 5.50. The number of ether oxygens (including phenoxy) is 1. The van der Waals surface area contributed by atoms with Gasteiger partial charge >= 0.3 is 0 Å². The van der Waals surface area contributed by atoms with E-state index in [1.165, 1.54) is 4.90 Å². The zero-order valence-electron chi connectivity index (χ0n) is 17.9. The largest absolute Gasteiger partial charge is 0.491 e. The van der Waals surface area contributed by atoms with Crippen LogP contribution in [0.4, 0.5) is 23.2 Å². The maximum atomic E-state index is 14.2. The monoisotopic (exact) mass is 503 g/mol. The number of halogens is 5. The molecule has 0 spiro atoms. The van der Waals surface area contributed by atoms with Gasteiger partial charge in [-0.15, -0.1) is 0 Å². The lowest BCUT2D eigenvalue weighted by Gasteiger charge is -2.37. The van der Waals surface area contributed by atoms with Gasteiger partial charge in [-0.05, 0) is 43.8 Å². The summed E-state index contributed by atoms with van der Waals surface area (Å²) in [6, 6.07) is 6.68. The van der Waals surface area contributed by atoms with Crippen LogP contribution < -0.4 is 15.0 Å². The minimum Gasteiger partial charge on any atom is -0.491 e. The molecular weight excluding hydrogens is 482 g/mol. The van der Waals surface area contributed by atoms with E-state index in [-0.39, 0.29) is 37.4 Å². The first-order valence-electron chi connectivity index (χ1n) is 10.3. The van der Waals surface area contributed by atoms with Gasteiger partial charge in [0.25, 0.3) is 5.91 Å². The molecule has 1 aliphatic rings. The Morgan fingerprint density at radius 3 is 2.30 bits per heavy atom. The summed E-state index contributed by atoms with van der Waals surface area (Å²) in [5.41, 5.74) is -0.463. The van der Waals surface area contributed by atoms with Crippen molar-refractivity contribution in [2.75, 3.05) is 31.1 Å². The van der Waals surface area contributed by atoms with Crippen molar-refractivity contribution in [3.05, 3.63) is 58.1 Å². The highest BCUT2D eigenvalue weighted by Crippen LogP contribution is 2.33. The van der Waals surface area contributed by atoms with Crippen LogP contribution in [-0.4, -0.2) is 48.2 Å². The van der Waals surface area contributed by atoms with Crippen LogP contribution in [0, 0.1) is 23.3 Å². The molecule has 1 amide bonds. The van der Waals surface area contributed by atoms with Crippen molar-refractivity contribution in [2.24, 2.45) is 0 Å². The Morgan fingerprint density at radius 1 is 1.12 bits per heavy atom. The number of nitrogens with zero attached hydrogens (tertiary/aromatic N) is 2. The summed E-state index contributed by atoms with van der Waals surface area (Å²) in [5.74, 6) is -6.27. The lowest BCUT2D eigenvalue weighted by molar-refractivity contribution is 0.0972. The van der Waals surface area contributed by atoms with Gasteiger partial charge in [0, 0.05) is 31.7 Å². The smallest absolute Gasteiger partial charge is 0.257 e. The third-order valence-electron chi connectivity index (χ3n) is 5.30. The summed E-state index contributed by atoms with van der Waals surface area (Å²) in [7, 11) is 0. The van der Waals surface area contributed by atoms with Gasteiger partial charge in [0.2, 0.25) is 0 Å². The first kappa shape index (κ1) is 25.0. The Labute approximate surface area is 199 Å². The van der Waals surface area contributed by atoms with E-state index in [1.54, 1.807) is 29.2 Å². The van der Waals surface area contributed by atoms with E-state index < -0.39 is 39.9 Å². The standard InChI is InChI=1S/C22H22ClF4N3O2S/c1-3-12(2)32-14-6-4-5-13(11-14)21(31)28-22(33)30-9-7-29(8-10-30)20-18(26)16(24)15(23)17(25)19(20)27/h4-6,11-12H,3,7-10H2,1-2H3,(H,28,31,33)/t12-/m0/s1. The summed E-state index contributed by atoms with van der Waals surface area (Å²) in [6.45, 7) is 4.28. The minimum absolute atomic E-state index is 0.00190. The van der Waals surface area contributed by atoms with Gasteiger partial charge in [0.15, 0.2) is 28.4 Å². The Bertz CT molecular complexity index is 1040. The number of rotatable bonds is 5. The molecule has 3 rings (SSSR count). The van der Waals surface area contributed by atoms with Crippen LogP contribution in [0.2, 0.25) is 5.02 Å². The average Bonchev–Trinajstić information content (AvgIpc) is 2.82. The predicted molar refractivity (Wildman–Crippen MR) is 122 cm³/mol. The number of benzene rings is 2. The van der Waals surface area contributed by atoms with Gasteiger partial charge in [-0.2, -0.15) is 0 Å². The summed E-state index contributed by atoms with van der Waals surface area (Å²) >= 11 is 10.6. The highest BCUT2D eigenvalue weighted by atomic mass is 35.5. The summed E-state index contributed by atoms with van der Waals surface area (Å²) in [6.07, 6.45) is 0.813. The molecule has 0 bridgehead atoms. The first-order valence-corrected chi connectivity index (χ1v) is 11.1. The molecule has 178 valence electrons. The van der Waals surface area contributed by atoms with E-state index >= 15 is 0 Å². The number of thiocarbonyl (C=S) groups is 1. The third-order valence-corrected chi connectivity index (χ3v) is 5.99. The quantitative estimate of drug-likeness (QED) is 0.272. The molecule has 2 aromatic carbocycles. The molecule has 0 radical (unpaired) electrons. The van der Waals surface area contributed by atoms with Crippen molar-refractivity contribution in [2.45, 2.75) is 26.4 Å².